The van der Waals surface area contributed by atoms with Crippen LogP contribution in [0.2, 0.25) is 0 Å². The highest BCUT2D eigenvalue weighted by atomic mass is 19.1. The molecule has 92 valence electrons. The zero-order valence-corrected chi connectivity index (χ0v) is 10.6. The Morgan fingerprint density at radius 3 is 2.71 bits per heavy atom. The molecule has 0 unspecified atom stereocenters. The summed E-state index contributed by atoms with van der Waals surface area (Å²) in [5.41, 5.74) is 0.280. The van der Waals surface area contributed by atoms with E-state index in [4.69, 9.17) is 10.00 Å². The van der Waals surface area contributed by atoms with Crippen LogP contribution >= 0.6 is 0 Å². The van der Waals surface area contributed by atoms with E-state index in [2.05, 4.69) is 6.07 Å². The van der Waals surface area contributed by atoms with E-state index in [0.717, 1.165) is 12.8 Å². The third-order valence-electron chi connectivity index (χ3n) is 2.65. The molecule has 0 atom stereocenters. The average molecular weight is 235 g/mol. The Labute approximate surface area is 102 Å². The van der Waals surface area contributed by atoms with Gasteiger partial charge in [-0.2, -0.15) is 5.26 Å². The fourth-order valence-corrected chi connectivity index (χ4v) is 1.47. The zero-order chi connectivity index (χ0) is 12.9. The minimum absolute atomic E-state index is 0.219. The van der Waals surface area contributed by atoms with Gasteiger partial charge in [-0.05, 0) is 57.4 Å². The molecule has 0 heterocycles. The van der Waals surface area contributed by atoms with Gasteiger partial charge in [0.05, 0.1) is 18.1 Å². The SMILES string of the molecule is Cc1cc(OCCCC(C)(C)C#N)ccc1F. The summed E-state index contributed by atoms with van der Waals surface area (Å²) in [4.78, 5) is 0. The van der Waals surface area contributed by atoms with Crippen molar-refractivity contribution in [2.75, 3.05) is 6.61 Å². The molecule has 3 heteroatoms. The lowest BCUT2D eigenvalue weighted by atomic mass is 9.90. The summed E-state index contributed by atoms with van der Waals surface area (Å²) < 4.78 is 18.5. The van der Waals surface area contributed by atoms with Crippen LogP contribution in [0.1, 0.15) is 32.3 Å². The van der Waals surface area contributed by atoms with Crippen LogP contribution in [0.3, 0.4) is 0 Å². The smallest absolute Gasteiger partial charge is 0.126 e. The summed E-state index contributed by atoms with van der Waals surface area (Å²) in [6.45, 7) is 6.08. The van der Waals surface area contributed by atoms with Gasteiger partial charge in [0.15, 0.2) is 0 Å². The quantitative estimate of drug-likeness (QED) is 0.726. The predicted molar refractivity (Wildman–Crippen MR) is 65.3 cm³/mol. The van der Waals surface area contributed by atoms with Gasteiger partial charge in [0.2, 0.25) is 0 Å². The van der Waals surface area contributed by atoms with Gasteiger partial charge in [-0.1, -0.05) is 0 Å². The Balaban J connectivity index is 2.37. The van der Waals surface area contributed by atoms with Gasteiger partial charge >= 0.3 is 0 Å². The zero-order valence-electron chi connectivity index (χ0n) is 10.6. The highest BCUT2D eigenvalue weighted by Crippen LogP contribution is 2.21. The third-order valence-corrected chi connectivity index (χ3v) is 2.65. The summed E-state index contributed by atoms with van der Waals surface area (Å²) >= 11 is 0. The molecule has 1 aromatic carbocycles. The van der Waals surface area contributed by atoms with Crippen molar-refractivity contribution in [2.45, 2.75) is 33.6 Å². The molecule has 0 spiro atoms. The first kappa shape index (κ1) is 13.5. The van der Waals surface area contributed by atoms with Gasteiger partial charge in [-0.15, -0.1) is 0 Å². The van der Waals surface area contributed by atoms with Gasteiger partial charge in [-0.3, -0.25) is 0 Å². The van der Waals surface area contributed by atoms with E-state index in [1.54, 1.807) is 19.1 Å². The largest absolute Gasteiger partial charge is 0.494 e. The molecule has 17 heavy (non-hydrogen) atoms. The second-order valence-corrected chi connectivity index (χ2v) is 4.86. The number of benzene rings is 1. The summed E-state index contributed by atoms with van der Waals surface area (Å²) in [5, 5.41) is 8.84. The summed E-state index contributed by atoms with van der Waals surface area (Å²) in [5.74, 6) is 0.460. The minimum Gasteiger partial charge on any atom is -0.494 e. The molecule has 1 aromatic rings. The summed E-state index contributed by atoms with van der Waals surface area (Å²) in [7, 11) is 0. The fraction of sp³-hybridized carbons (Fsp3) is 0.500. The van der Waals surface area contributed by atoms with Gasteiger partial charge < -0.3 is 4.74 Å². The number of nitrogens with zero attached hydrogens (tertiary/aromatic N) is 1. The molecule has 0 amide bonds. The van der Waals surface area contributed by atoms with Crippen molar-refractivity contribution in [1.82, 2.24) is 0 Å². The van der Waals surface area contributed by atoms with Crippen LogP contribution in [-0.4, -0.2) is 6.61 Å². The fourth-order valence-electron chi connectivity index (χ4n) is 1.47. The molecule has 0 bridgehead atoms. The van der Waals surface area contributed by atoms with Gasteiger partial charge in [-0.25, -0.2) is 4.39 Å². The van der Waals surface area contributed by atoms with Gasteiger partial charge in [0, 0.05) is 0 Å². The van der Waals surface area contributed by atoms with E-state index < -0.39 is 0 Å². The maximum atomic E-state index is 13.0. The number of nitriles is 1. The van der Waals surface area contributed by atoms with Crippen molar-refractivity contribution in [2.24, 2.45) is 5.41 Å². The Morgan fingerprint density at radius 2 is 2.12 bits per heavy atom. The lowest BCUT2D eigenvalue weighted by Gasteiger charge is -2.14. The second kappa shape index (κ2) is 5.67. The first-order valence-corrected chi connectivity index (χ1v) is 5.75. The summed E-state index contributed by atoms with van der Waals surface area (Å²) in [6.07, 6.45) is 1.61. The van der Waals surface area contributed by atoms with Crippen LogP contribution in [0.4, 0.5) is 4.39 Å². The molecule has 0 saturated heterocycles. The van der Waals surface area contributed by atoms with Crippen molar-refractivity contribution >= 4 is 0 Å². The highest BCUT2D eigenvalue weighted by molar-refractivity contribution is 5.28. The van der Waals surface area contributed by atoms with E-state index >= 15 is 0 Å². The predicted octanol–water partition coefficient (Wildman–Crippen LogP) is 3.84. The lowest BCUT2D eigenvalue weighted by molar-refractivity contribution is 0.283. The monoisotopic (exact) mass is 235 g/mol. The van der Waals surface area contributed by atoms with Crippen LogP contribution < -0.4 is 4.74 Å². The van der Waals surface area contributed by atoms with Crippen LogP contribution in [0.25, 0.3) is 0 Å². The van der Waals surface area contributed by atoms with E-state index in [-0.39, 0.29) is 11.2 Å². The molecule has 1 rings (SSSR count). The van der Waals surface area contributed by atoms with Crippen molar-refractivity contribution in [3.8, 4) is 11.8 Å². The molecule has 0 N–H and O–H groups in total. The number of halogens is 1. The number of rotatable bonds is 5. The normalized spacial score (nSPS) is 11.0. The molecule has 2 nitrogen and oxygen atoms in total. The molecular formula is C14H18FNO. The maximum absolute atomic E-state index is 13.0. The third kappa shape index (κ3) is 4.44. The first-order chi connectivity index (χ1) is 7.94. The second-order valence-electron chi connectivity index (χ2n) is 4.86. The lowest BCUT2D eigenvalue weighted by Crippen LogP contribution is -2.10. The van der Waals surface area contributed by atoms with Crippen LogP contribution in [-0.2, 0) is 0 Å². The number of hydrogen-bond acceptors (Lipinski definition) is 2. The van der Waals surface area contributed by atoms with Crippen LogP contribution in [0.15, 0.2) is 18.2 Å². The van der Waals surface area contributed by atoms with Crippen molar-refractivity contribution in [1.29, 1.82) is 5.26 Å². The number of hydrogen-bond donors (Lipinski definition) is 0. The first-order valence-electron chi connectivity index (χ1n) is 5.75. The van der Waals surface area contributed by atoms with E-state index in [9.17, 15) is 4.39 Å². The molecule has 0 fully saturated rings. The Hall–Kier alpha value is -1.56. The number of aryl methyl sites for hydroxylation is 1. The van der Waals surface area contributed by atoms with E-state index in [1.165, 1.54) is 6.07 Å². The van der Waals surface area contributed by atoms with Gasteiger partial charge in [0.1, 0.15) is 11.6 Å². The van der Waals surface area contributed by atoms with E-state index in [0.29, 0.717) is 17.9 Å². The number of ether oxygens (including phenoxy) is 1. The van der Waals surface area contributed by atoms with E-state index in [1.807, 2.05) is 13.8 Å². The standard InChI is InChI=1S/C14H18FNO/c1-11-9-12(5-6-13(11)15)17-8-4-7-14(2,3)10-16/h5-6,9H,4,7-8H2,1-3H3. The Kier molecular flexibility index (Phi) is 4.51. The molecule has 0 aliphatic rings. The Morgan fingerprint density at radius 1 is 1.41 bits per heavy atom. The van der Waals surface area contributed by atoms with Crippen LogP contribution in [0.5, 0.6) is 5.75 Å². The summed E-state index contributed by atoms with van der Waals surface area (Å²) in [6, 6.07) is 6.97. The molecule has 0 saturated carbocycles. The highest BCUT2D eigenvalue weighted by Gasteiger charge is 2.15. The molecule has 0 aliphatic heterocycles. The molecular weight excluding hydrogens is 217 g/mol. The minimum atomic E-state index is -0.303. The van der Waals surface area contributed by atoms with Crippen molar-refractivity contribution < 1.29 is 9.13 Å². The van der Waals surface area contributed by atoms with Crippen molar-refractivity contribution in [3.63, 3.8) is 0 Å². The Bertz CT molecular complexity index is 421. The van der Waals surface area contributed by atoms with Gasteiger partial charge in [0.25, 0.3) is 0 Å². The topological polar surface area (TPSA) is 33.0 Å². The maximum Gasteiger partial charge on any atom is 0.126 e. The van der Waals surface area contributed by atoms with Crippen LogP contribution in [0, 0.1) is 29.5 Å². The van der Waals surface area contributed by atoms with Crippen molar-refractivity contribution in [3.05, 3.63) is 29.6 Å². The average Bonchev–Trinajstić information content (AvgIpc) is 2.29. The molecule has 0 radical (unpaired) electrons. The molecule has 0 aromatic heterocycles. The molecule has 0 aliphatic carbocycles.